The molecule has 3 N–H and O–H groups in total. The molecule has 0 aliphatic carbocycles. The van der Waals surface area contributed by atoms with Gasteiger partial charge >= 0.3 is 6.18 Å². The van der Waals surface area contributed by atoms with Gasteiger partial charge in [0.15, 0.2) is 0 Å². The van der Waals surface area contributed by atoms with Crippen LogP contribution in [0.3, 0.4) is 0 Å². The number of aromatic amines is 1. The summed E-state index contributed by atoms with van der Waals surface area (Å²) >= 11 is 0. The van der Waals surface area contributed by atoms with Gasteiger partial charge in [0, 0.05) is 23.1 Å². The third-order valence-corrected chi connectivity index (χ3v) is 2.88. The number of benzene rings is 1. The van der Waals surface area contributed by atoms with Gasteiger partial charge in [-0.3, -0.25) is 0 Å². The lowest BCUT2D eigenvalue weighted by atomic mass is 10.0. The van der Waals surface area contributed by atoms with Gasteiger partial charge in [-0.25, -0.2) is 0 Å². The Kier molecular flexibility index (Phi) is 2.87. The Bertz CT molecular complexity index is 528. The predicted octanol–water partition coefficient (Wildman–Crippen LogP) is 3.60. The van der Waals surface area contributed by atoms with Crippen molar-refractivity contribution in [3.8, 4) is 0 Å². The van der Waals surface area contributed by atoms with E-state index in [0.29, 0.717) is 17.3 Å². The van der Waals surface area contributed by atoms with Crippen LogP contribution in [0.25, 0.3) is 10.9 Å². The highest BCUT2D eigenvalue weighted by atomic mass is 19.4. The van der Waals surface area contributed by atoms with E-state index in [1.54, 1.807) is 6.20 Å². The molecule has 1 atom stereocenters. The molecule has 0 saturated carbocycles. The van der Waals surface area contributed by atoms with Gasteiger partial charge in [0.1, 0.15) is 0 Å². The van der Waals surface area contributed by atoms with Crippen molar-refractivity contribution in [2.24, 2.45) is 5.73 Å². The van der Waals surface area contributed by atoms with Crippen molar-refractivity contribution in [3.63, 3.8) is 0 Å². The van der Waals surface area contributed by atoms with Crippen LogP contribution in [-0.2, 0) is 6.18 Å². The number of halogens is 3. The van der Waals surface area contributed by atoms with E-state index in [2.05, 4.69) is 4.98 Å². The topological polar surface area (TPSA) is 41.8 Å². The SMILES string of the molecule is CC[C@@H](N)c1c[nH]c2ccc(C(F)(F)F)cc12. The molecule has 2 nitrogen and oxygen atoms in total. The summed E-state index contributed by atoms with van der Waals surface area (Å²) in [4.78, 5) is 2.93. The molecule has 92 valence electrons. The van der Waals surface area contributed by atoms with Crippen LogP contribution in [0.1, 0.15) is 30.5 Å². The summed E-state index contributed by atoms with van der Waals surface area (Å²) in [6, 6.07) is 3.41. The lowest BCUT2D eigenvalue weighted by molar-refractivity contribution is -0.137. The molecular weight excluding hydrogens is 229 g/mol. The van der Waals surface area contributed by atoms with E-state index in [1.165, 1.54) is 6.07 Å². The number of aromatic nitrogens is 1. The molecule has 0 fully saturated rings. The summed E-state index contributed by atoms with van der Waals surface area (Å²) < 4.78 is 37.8. The number of H-pyrrole nitrogens is 1. The standard InChI is InChI=1S/C12H13F3N2/c1-2-10(16)9-6-17-11-4-3-7(5-8(9)11)12(13,14)15/h3-6,10,17H,2,16H2,1H3/t10-/m1/s1. The number of fused-ring (bicyclic) bond motifs is 1. The van der Waals surface area contributed by atoms with E-state index in [4.69, 9.17) is 5.73 Å². The van der Waals surface area contributed by atoms with Gasteiger partial charge in [-0.2, -0.15) is 13.2 Å². The summed E-state index contributed by atoms with van der Waals surface area (Å²) in [5, 5.41) is 0.550. The molecule has 0 bridgehead atoms. The van der Waals surface area contributed by atoms with Crippen LogP contribution in [0.15, 0.2) is 24.4 Å². The zero-order chi connectivity index (χ0) is 12.6. The number of nitrogens with two attached hydrogens (primary N) is 1. The summed E-state index contributed by atoms with van der Waals surface area (Å²) in [6.45, 7) is 1.90. The Labute approximate surface area is 96.6 Å². The summed E-state index contributed by atoms with van der Waals surface area (Å²) in [5.74, 6) is 0. The molecule has 0 aliphatic heterocycles. The predicted molar refractivity (Wildman–Crippen MR) is 60.5 cm³/mol. The summed E-state index contributed by atoms with van der Waals surface area (Å²) in [6.07, 6.45) is -1.96. The van der Waals surface area contributed by atoms with Crippen LogP contribution in [0, 0.1) is 0 Å². The largest absolute Gasteiger partial charge is 0.416 e. The maximum atomic E-state index is 12.6. The Morgan fingerprint density at radius 1 is 1.35 bits per heavy atom. The zero-order valence-corrected chi connectivity index (χ0v) is 9.31. The fourth-order valence-corrected chi connectivity index (χ4v) is 1.85. The number of alkyl halides is 3. The van der Waals surface area contributed by atoms with Crippen LogP contribution in [0.2, 0.25) is 0 Å². The molecule has 5 heteroatoms. The van der Waals surface area contributed by atoms with Crippen LogP contribution in [-0.4, -0.2) is 4.98 Å². The second kappa shape index (κ2) is 4.07. The van der Waals surface area contributed by atoms with Crippen molar-refractivity contribution in [1.82, 2.24) is 4.98 Å². The van der Waals surface area contributed by atoms with E-state index in [-0.39, 0.29) is 6.04 Å². The molecular formula is C12H13F3N2. The molecule has 0 radical (unpaired) electrons. The number of rotatable bonds is 2. The highest BCUT2D eigenvalue weighted by Crippen LogP contribution is 2.33. The van der Waals surface area contributed by atoms with Gasteiger partial charge in [0.05, 0.1) is 5.56 Å². The van der Waals surface area contributed by atoms with Crippen LogP contribution in [0.5, 0.6) is 0 Å². The third kappa shape index (κ3) is 2.15. The Morgan fingerprint density at radius 2 is 2.06 bits per heavy atom. The Morgan fingerprint density at radius 3 is 2.65 bits per heavy atom. The molecule has 2 aromatic rings. The smallest absolute Gasteiger partial charge is 0.361 e. The maximum Gasteiger partial charge on any atom is 0.416 e. The molecule has 0 saturated heterocycles. The lowest BCUT2D eigenvalue weighted by Gasteiger charge is -2.09. The number of hydrogen-bond donors (Lipinski definition) is 2. The van der Waals surface area contributed by atoms with Gasteiger partial charge in [-0.15, -0.1) is 0 Å². The van der Waals surface area contributed by atoms with Crippen molar-refractivity contribution in [3.05, 3.63) is 35.5 Å². The monoisotopic (exact) mass is 242 g/mol. The van der Waals surface area contributed by atoms with Crippen molar-refractivity contribution in [1.29, 1.82) is 0 Å². The quantitative estimate of drug-likeness (QED) is 0.830. The van der Waals surface area contributed by atoms with Gasteiger partial charge in [-0.05, 0) is 30.2 Å². The highest BCUT2D eigenvalue weighted by molar-refractivity contribution is 5.84. The van der Waals surface area contributed by atoms with Crippen LogP contribution in [0.4, 0.5) is 13.2 Å². The van der Waals surface area contributed by atoms with Gasteiger partial charge < -0.3 is 10.7 Å². The molecule has 0 amide bonds. The summed E-state index contributed by atoms with van der Waals surface area (Å²) in [5.41, 5.74) is 6.63. The van der Waals surface area contributed by atoms with E-state index >= 15 is 0 Å². The second-order valence-corrected chi connectivity index (χ2v) is 4.02. The fraction of sp³-hybridized carbons (Fsp3) is 0.333. The average Bonchev–Trinajstić information content (AvgIpc) is 2.69. The van der Waals surface area contributed by atoms with Crippen LogP contribution >= 0.6 is 0 Å². The minimum atomic E-state index is -4.32. The molecule has 0 spiro atoms. The molecule has 0 unspecified atom stereocenters. The third-order valence-electron chi connectivity index (χ3n) is 2.88. The zero-order valence-electron chi connectivity index (χ0n) is 9.31. The number of nitrogens with one attached hydrogen (secondary N) is 1. The minimum absolute atomic E-state index is 0.243. The highest BCUT2D eigenvalue weighted by Gasteiger charge is 2.30. The van der Waals surface area contributed by atoms with Crippen molar-refractivity contribution >= 4 is 10.9 Å². The minimum Gasteiger partial charge on any atom is -0.361 e. The molecule has 17 heavy (non-hydrogen) atoms. The van der Waals surface area contributed by atoms with Crippen LogP contribution < -0.4 is 5.73 Å². The average molecular weight is 242 g/mol. The van der Waals surface area contributed by atoms with Gasteiger partial charge in [-0.1, -0.05) is 6.92 Å². The molecule has 1 aromatic carbocycles. The lowest BCUT2D eigenvalue weighted by Crippen LogP contribution is -2.08. The first-order chi connectivity index (χ1) is 7.93. The number of hydrogen-bond acceptors (Lipinski definition) is 1. The van der Waals surface area contributed by atoms with Crippen molar-refractivity contribution in [2.45, 2.75) is 25.6 Å². The van der Waals surface area contributed by atoms with Crippen molar-refractivity contribution < 1.29 is 13.2 Å². The molecule has 2 rings (SSSR count). The Balaban J connectivity index is 2.58. The van der Waals surface area contributed by atoms with E-state index < -0.39 is 11.7 Å². The first kappa shape index (κ1) is 12.0. The molecule has 1 heterocycles. The van der Waals surface area contributed by atoms with Gasteiger partial charge in [0.25, 0.3) is 0 Å². The first-order valence-corrected chi connectivity index (χ1v) is 5.37. The van der Waals surface area contributed by atoms with Crippen molar-refractivity contribution in [2.75, 3.05) is 0 Å². The van der Waals surface area contributed by atoms with E-state index in [1.807, 2.05) is 6.92 Å². The van der Waals surface area contributed by atoms with E-state index in [0.717, 1.165) is 17.7 Å². The fourth-order valence-electron chi connectivity index (χ4n) is 1.85. The summed E-state index contributed by atoms with van der Waals surface area (Å²) in [7, 11) is 0. The second-order valence-electron chi connectivity index (χ2n) is 4.02. The Hall–Kier alpha value is -1.49. The molecule has 0 aliphatic rings. The van der Waals surface area contributed by atoms with E-state index in [9.17, 15) is 13.2 Å². The maximum absolute atomic E-state index is 12.6. The normalized spacial score (nSPS) is 14.2. The first-order valence-electron chi connectivity index (χ1n) is 5.37. The van der Waals surface area contributed by atoms with Gasteiger partial charge in [0.2, 0.25) is 0 Å². The molecule has 1 aromatic heterocycles.